The molecule has 7 heteroatoms. The number of rotatable bonds is 5. The van der Waals surface area contributed by atoms with Crippen molar-refractivity contribution in [1.82, 2.24) is 10.3 Å². The Morgan fingerprint density at radius 2 is 2.25 bits per heavy atom. The second-order valence-electron chi connectivity index (χ2n) is 3.77. The first-order valence-electron chi connectivity index (χ1n) is 5.24. The van der Waals surface area contributed by atoms with Crippen LogP contribution < -0.4 is 10.0 Å². The number of aryl methyl sites for hydroxylation is 2. The standard InChI is InChI=1S/C9H15N3O2S2/c1-10-5-6-16(13,14)12-9-11-7-3-2-4-8(7)15-9/h10H,2-6H2,1H3,(H,11,12). The van der Waals surface area contributed by atoms with Gasteiger partial charge in [0.1, 0.15) is 0 Å². The molecule has 2 N–H and O–H groups in total. The van der Waals surface area contributed by atoms with Gasteiger partial charge in [-0.25, -0.2) is 13.4 Å². The van der Waals surface area contributed by atoms with Crippen molar-refractivity contribution in [2.75, 3.05) is 24.1 Å². The van der Waals surface area contributed by atoms with Gasteiger partial charge in [-0.1, -0.05) is 0 Å². The highest BCUT2D eigenvalue weighted by Crippen LogP contribution is 2.30. The lowest BCUT2D eigenvalue weighted by Gasteiger charge is -2.04. The van der Waals surface area contributed by atoms with Gasteiger partial charge in [0.05, 0.1) is 11.4 Å². The number of hydrogen-bond donors (Lipinski definition) is 2. The minimum absolute atomic E-state index is 0.0771. The van der Waals surface area contributed by atoms with Crippen molar-refractivity contribution in [3.05, 3.63) is 10.6 Å². The van der Waals surface area contributed by atoms with Crippen molar-refractivity contribution in [3.8, 4) is 0 Å². The number of fused-ring (bicyclic) bond motifs is 1. The van der Waals surface area contributed by atoms with Gasteiger partial charge in [-0.15, -0.1) is 11.3 Å². The van der Waals surface area contributed by atoms with Crippen molar-refractivity contribution in [2.24, 2.45) is 0 Å². The van der Waals surface area contributed by atoms with E-state index >= 15 is 0 Å². The fourth-order valence-corrected chi connectivity index (χ4v) is 3.99. The minimum Gasteiger partial charge on any atom is -0.319 e. The Morgan fingerprint density at radius 1 is 1.44 bits per heavy atom. The molecule has 0 atom stereocenters. The van der Waals surface area contributed by atoms with Crippen LogP contribution in [0, 0.1) is 0 Å². The summed E-state index contributed by atoms with van der Waals surface area (Å²) in [5.41, 5.74) is 1.07. The molecule has 0 fully saturated rings. The van der Waals surface area contributed by atoms with Crippen LogP contribution in [0.25, 0.3) is 0 Å². The summed E-state index contributed by atoms with van der Waals surface area (Å²) >= 11 is 1.46. The molecule has 90 valence electrons. The van der Waals surface area contributed by atoms with E-state index in [-0.39, 0.29) is 5.75 Å². The monoisotopic (exact) mass is 261 g/mol. The van der Waals surface area contributed by atoms with Gasteiger partial charge in [0.2, 0.25) is 10.0 Å². The molecule has 0 saturated heterocycles. The van der Waals surface area contributed by atoms with Crippen molar-refractivity contribution in [1.29, 1.82) is 0 Å². The van der Waals surface area contributed by atoms with Crippen LogP contribution in [-0.4, -0.2) is 32.7 Å². The van der Waals surface area contributed by atoms with Gasteiger partial charge in [-0.05, 0) is 26.3 Å². The summed E-state index contributed by atoms with van der Waals surface area (Å²) in [6.07, 6.45) is 3.15. The number of nitrogens with one attached hydrogen (secondary N) is 2. The van der Waals surface area contributed by atoms with Gasteiger partial charge in [0, 0.05) is 11.4 Å². The molecule has 1 aromatic heterocycles. The highest BCUT2D eigenvalue weighted by molar-refractivity contribution is 7.92. The summed E-state index contributed by atoms with van der Waals surface area (Å²) in [5.74, 6) is 0.0771. The van der Waals surface area contributed by atoms with E-state index in [0.29, 0.717) is 11.7 Å². The highest BCUT2D eigenvalue weighted by atomic mass is 32.2. The Hall–Kier alpha value is -0.660. The highest BCUT2D eigenvalue weighted by Gasteiger charge is 2.19. The van der Waals surface area contributed by atoms with E-state index in [9.17, 15) is 8.42 Å². The zero-order valence-corrected chi connectivity index (χ0v) is 10.7. The third-order valence-corrected chi connectivity index (χ3v) is 4.91. The van der Waals surface area contributed by atoms with Gasteiger partial charge in [0.25, 0.3) is 0 Å². The molecule has 2 rings (SSSR count). The molecule has 0 amide bonds. The van der Waals surface area contributed by atoms with E-state index in [4.69, 9.17) is 0 Å². The number of nitrogens with zero attached hydrogens (tertiary/aromatic N) is 1. The van der Waals surface area contributed by atoms with Crippen LogP contribution in [0.1, 0.15) is 17.0 Å². The molecule has 16 heavy (non-hydrogen) atoms. The Morgan fingerprint density at radius 3 is 2.94 bits per heavy atom. The fraction of sp³-hybridized carbons (Fsp3) is 0.667. The van der Waals surface area contributed by atoms with Crippen molar-refractivity contribution >= 4 is 26.5 Å². The molecule has 0 aromatic carbocycles. The average Bonchev–Trinajstić information content (AvgIpc) is 2.74. The summed E-state index contributed by atoms with van der Waals surface area (Å²) in [6, 6.07) is 0. The fourth-order valence-electron chi connectivity index (χ4n) is 1.65. The summed E-state index contributed by atoms with van der Waals surface area (Å²) in [6.45, 7) is 0.445. The second-order valence-corrected chi connectivity index (χ2v) is 6.69. The van der Waals surface area contributed by atoms with E-state index in [2.05, 4.69) is 15.0 Å². The third kappa shape index (κ3) is 2.72. The van der Waals surface area contributed by atoms with Crippen LogP contribution in [0.2, 0.25) is 0 Å². The molecule has 0 unspecified atom stereocenters. The first-order valence-corrected chi connectivity index (χ1v) is 7.71. The maximum Gasteiger partial charge on any atom is 0.235 e. The molecule has 1 aliphatic rings. The van der Waals surface area contributed by atoms with Gasteiger partial charge in [-0.3, -0.25) is 4.72 Å². The molecule has 1 heterocycles. The smallest absolute Gasteiger partial charge is 0.235 e. The number of aromatic nitrogens is 1. The van der Waals surface area contributed by atoms with Crippen LogP contribution in [0.15, 0.2) is 0 Å². The molecule has 1 aromatic rings. The molecule has 5 nitrogen and oxygen atoms in total. The number of thiazole rings is 1. The topological polar surface area (TPSA) is 71.1 Å². The molecule has 0 saturated carbocycles. The summed E-state index contributed by atoms with van der Waals surface area (Å²) in [7, 11) is -1.52. The molecule has 0 bridgehead atoms. The normalized spacial score (nSPS) is 15.1. The van der Waals surface area contributed by atoms with Gasteiger partial charge in [-0.2, -0.15) is 0 Å². The van der Waals surface area contributed by atoms with E-state index in [0.717, 1.165) is 25.0 Å². The SMILES string of the molecule is CNCCS(=O)(=O)Nc1nc2c(s1)CCC2. The molecule has 0 radical (unpaired) electrons. The molecule has 0 aliphatic heterocycles. The maximum absolute atomic E-state index is 11.6. The van der Waals surface area contributed by atoms with E-state index in [1.54, 1.807) is 7.05 Å². The average molecular weight is 261 g/mol. The first-order chi connectivity index (χ1) is 7.61. The zero-order valence-electron chi connectivity index (χ0n) is 9.12. The quantitative estimate of drug-likeness (QED) is 0.814. The Kier molecular flexibility index (Phi) is 3.46. The third-order valence-electron chi connectivity index (χ3n) is 2.46. The van der Waals surface area contributed by atoms with Gasteiger partial charge >= 0.3 is 0 Å². The van der Waals surface area contributed by atoms with E-state index < -0.39 is 10.0 Å². The van der Waals surface area contributed by atoms with Crippen molar-refractivity contribution < 1.29 is 8.42 Å². The molecular weight excluding hydrogens is 246 g/mol. The lowest BCUT2D eigenvalue weighted by molar-refractivity contribution is 0.598. The van der Waals surface area contributed by atoms with Crippen LogP contribution in [0.3, 0.4) is 0 Å². The maximum atomic E-state index is 11.6. The Balaban J connectivity index is 2.03. The predicted octanol–water partition coefficient (Wildman–Crippen LogP) is 0.593. The lowest BCUT2D eigenvalue weighted by Crippen LogP contribution is -2.24. The summed E-state index contributed by atoms with van der Waals surface area (Å²) < 4.78 is 25.7. The molecule has 0 spiro atoms. The summed E-state index contributed by atoms with van der Waals surface area (Å²) in [5, 5.41) is 3.33. The number of anilines is 1. The summed E-state index contributed by atoms with van der Waals surface area (Å²) in [4.78, 5) is 5.52. The second kappa shape index (κ2) is 4.68. The van der Waals surface area contributed by atoms with Crippen LogP contribution in [0.5, 0.6) is 0 Å². The molecule has 1 aliphatic carbocycles. The Labute approximate surface area is 99.3 Å². The van der Waals surface area contributed by atoms with Crippen LogP contribution >= 0.6 is 11.3 Å². The first kappa shape index (κ1) is 11.8. The van der Waals surface area contributed by atoms with Gasteiger partial charge < -0.3 is 5.32 Å². The van der Waals surface area contributed by atoms with E-state index in [1.165, 1.54) is 16.2 Å². The largest absolute Gasteiger partial charge is 0.319 e. The van der Waals surface area contributed by atoms with Gasteiger partial charge in [0.15, 0.2) is 5.13 Å². The Bertz CT molecular complexity index is 446. The van der Waals surface area contributed by atoms with E-state index in [1.807, 2.05) is 0 Å². The van der Waals surface area contributed by atoms with Crippen LogP contribution in [0.4, 0.5) is 5.13 Å². The van der Waals surface area contributed by atoms with Crippen LogP contribution in [-0.2, 0) is 22.9 Å². The predicted molar refractivity (Wildman–Crippen MR) is 65.5 cm³/mol. The lowest BCUT2D eigenvalue weighted by atomic mass is 10.4. The zero-order chi connectivity index (χ0) is 11.6. The van der Waals surface area contributed by atoms with Crippen molar-refractivity contribution in [3.63, 3.8) is 0 Å². The minimum atomic E-state index is -3.25. The van der Waals surface area contributed by atoms with Crippen molar-refractivity contribution in [2.45, 2.75) is 19.3 Å². The number of hydrogen-bond acceptors (Lipinski definition) is 5. The molecular formula is C9H15N3O2S2. The number of sulfonamides is 1.